The van der Waals surface area contributed by atoms with Crippen molar-refractivity contribution >= 4 is 11.6 Å². The minimum atomic E-state index is -0.0471. The lowest BCUT2D eigenvalue weighted by molar-refractivity contribution is -0.115. The van der Waals surface area contributed by atoms with Crippen molar-refractivity contribution in [3.05, 3.63) is 90.1 Å². The number of nitrogens with zero attached hydrogens (tertiary/aromatic N) is 2. The molecule has 4 aromatic rings. The van der Waals surface area contributed by atoms with E-state index >= 15 is 0 Å². The summed E-state index contributed by atoms with van der Waals surface area (Å²) in [4.78, 5) is 20.7. The molecule has 0 unspecified atom stereocenters. The van der Waals surface area contributed by atoms with Gasteiger partial charge in [-0.1, -0.05) is 18.2 Å². The van der Waals surface area contributed by atoms with E-state index in [0.29, 0.717) is 12.3 Å². The first-order chi connectivity index (χ1) is 14.1. The molecule has 0 bridgehead atoms. The molecule has 29 heavy (non-hydrogen) atoms. The number of aromatic nitrogens is 2. The average molecular weight is 383 g/mol. The molecule has 0 saturated carbocycles. The summed E-state index contributed by atoms with van der Waals surface area (Å²) in [5.41, 5.74) is 7.02. The Hall–Kier alpha value is -3.73. The molecule has 1 amide bonds. The Morgan fingerprint density at radius 2 is 1.76 bits per heavy atom. The van der Waals surface area contributed by atoms with Crippen LogP contribution in [0, 0.1) is 13.8 Å². The summed E-state index contributed by atoms with van der Waals surface area (Å²) in [6.45, 7) is 4.03. The predicted octanol–water partition coefficient (Wildman–Crippen LogP) is 5.20. The van der Waals surface area contributed by atoms with Gasteiger partial charge in [0.25, 0.3) is 0 Å². The van der Waals surface area contributed by atoms with Crippen LogP contribution >= 0.6 is 0 Å². The average Bonchev–Trinajstić information content (AvgIpc) is 3.26. The van der Waals surface area contributed by atoms with Crippen LogP contribution in [0.2, 0.25) is 0 Å². The van der Waals surface area contributed by atoms with E-state index in [4.69, 9.17) is 4.42 Å². The second-order valence-corrected chi connectivity index (χ2v) is 6.97. The van der Waals surface area contributed by atoms with E-state index in [1.165, 1.54) is 0 Å². The summed E-state index contributed by atoms with van der Waals surface area (Å²) < 4.78 is 5.41. The van der Waals surface area contributed by atoms with E-state index in [2.05, 4.69) is 34.3 Å². The van der Waals surface area contributed by atoms with Crippen LogP contribution in [0.5, 0.6) is 0 Å². The molecule has 0 aliphatic carbocycles. The SMILES string of the molecule is Cc1cnccc1CC(=O)Nc1ccc(-c2cc(-c3ncco3)ccc2C)cc1. The van der Waals surface area contributed by atoms with Crippen molar-refractivity contribution in [1.29, 1.82) is 0 Å². The van der Waals surface area contributed by atoms with Crippen LogP contribution in [0.15, 0.2) is 77.8 Å². The minimum absolute atomic E-state index is 0.0471. The smallest absolute Gasteiger partial charge is 0.228 e. The minimum Gasteiger partial charge on any atom is -0.445 e. The normalized spacial score (nSPS) is 10.7. The Balaban J connectivity index is 1.50. The number of oxazole rings is 1. The third-order valence-corrected chi connectivity index (χ3v) is 4.88. The van der Waals surface area contributed by atoms with Gasteiger partial charge in [0.2, 0.25) is 11.8 Å². The number of carbonyl (C=O) groups excluding carboxylic acids is 1. The van der Waals surface area contributed by atoms with Crippen LogP contribution in [0.3, 0.4) is 0 Å². The fourth-order valence-corrected chi connectivity index (χ4v) is 3.24. The van der Waals surface area contributed by atoms with Crippen LogP contribution < -0.4 is 5.32 Å². The molecule has 4 rings (SSSR count). The molecule has 0 fully saturated rings. The number of carbonyl (C=O) groups is 1. The number of rotatable bonds is 5. The van der Waals surface area contributed by atoms with Crippen molar-refractivity contribution in [2.75, 3.05) is 5.32 Å². The Bertz CT molecular complexity index is 1130. The highest BCUT2D eigenvalue weighted by atomic mass is 16.3. The number of benzene rings is 2. The monoisotopic (exact) mass is 383 g/mol. The first-order valence-electron chi connectivity index (χ1n) is 9.40. The first-order valence-corrected chi connectivity index (χ1v) is 9.40. The Morgan fingerprint density at radius 3 is 2.48 bits per heavy atom. The van der Waals surface area contributed by atoms with E-state index in [1.54, 1.807) is 24.9 Å². The lowest BCUT2D eigenvalue weighted by atomic mass is 9.98. The Morgan fingerprint density at radius 1 is 0.966 bits per heavy atom. The van der Waals surface area contributed by atoms with Crippen molar-refractivity contribution in [3.8, 4) is 22.6 Å². The van der Waals surface area contributed by atoms with E-state index < -0.39 is 0 Å². The summed E-state index contributed by atoms with van der Waals surface area (Å²) in [5.74, 6) is 0.552. The third kappa shape index (κ3) is 4.24. The van der Waals surface area contributed by atoms with Crippen molar-refractivity contribution in [2.24, 2.45) is 0 Å². The number of nitrogens with one attached hydrogen (secondary N) is 1. The van der Waals surface area contributed by atoms with Gasteiger partial charge in [0.05, 0.1) is 12.6 Å². The maximum Gasteiger partial charge on any atom is 0.228 e. The summed E-state index contributed by atoms with van der Waals surface area (Å²) in [5, 5.41) is 2.96. The van der Waals surface area contributed by atoms with Gasteiger partial charge in [-0.3, -0.25) is 9.78 Å². The lowest BCUT2D eigenvalue weighted by Crippen LogP contribution is -2.15. The van der Waals surface area contributed by atoms with Gasteiger partial charge >= 0.3 is 0 Å². The number of anilines is 1. The fraction of sp³-hybridized carbons (Fsp3) is 0.125. The lowest BCUT2D eigenvalue weighted by Gasteiger charge is -2.10. The topological polar surface area (TPSA) is 68.0 Å². The zero-order chi connectivity index (χ0) is 20.2. The zero-order valence-electron chi connectivity index (χ0n) is 16.3. The van der Waals surface area contributed by atoms with E-state index in [1.807, 2.05) is 43.3 Å². The Labute approximate surface area is 169 Å². The maximum atomic E-state index is 12.4. The summed E-state index contributed by atoms with van der Waals surface area (Å²) in [7, 11) is 0. The van der Waals surface area contributed by atoms with Gasteiger partial charge in [0.1, 0.15) is 6.26 Å². The maximum absolute atomic E-state index is 12.4. The number of hydrogen-bond acceptors (Lipinski definition) is 4. The number of amides is 1. The molecule has 144 valence electrons. The van der Waals surface area contributed by atoms with E-state index in [0.717, 1.165) is 39.1 Å². The quantitative estimate of drug-likeness (QED) is 0.514. The summed E-state index contributed by atoms with van der Waals surface area (Å²) in [6, 6.07) is 15.9. The number of hydrogen-bond donors (Lipinski definition) is 1. The van der Waals surface area contributed by atoms with Gasteiger partial charge in [-0.2, -0.15) is 0 Å². The highest BCUT2D eigenvalue weighted by Gasteiger charge is 2.09. The van der Waals surface area contributed by atoms with Crippen molar-refractivity contribution < 1.29 is 9.21 Å². The van der Waals surface area contributed by atoms with Crippen LogP contribution in [0.25, 0.3) is 22.6 Å². The second-order valence-electron chi connectivity index (χ2n) is 6.97. The highest BCUT2D eigenvalue weighted by molar-refractivity contribution is 5.92. The zero-order valence-corrected chi connectivity index (χ0v) is 16.3. The standard InChI is InChI=1S/C24H21N3O2/c1-16-3-4-20(24-26-11-12-29-24)13-22(16)18-5-7-21(8-6-18)27-23(28)14-19-9-10-25-15-17(19)2/h3-13,15H,14H2,1-2H3,(H,27,28). The molecule has 2 aromatic heterocycles. The second kappa shape index (κ2) is 8.10. The van der Waals surface area contributed by atoms with E-state index in [-0.39, 0.29) is 5.91 Å². The van der Waals surface area contributed by atoms with Gasteiger partial charge in [-0.05, 0) is 72.0 Å². The first kappa shape index (κ1) is 18.6. The van der Waals surface area contributed by atoms with Gasteiger partial charge < -0.3 is 9.73 Å². The molecular weight excluding hydrogens is 362 g/mol. The third-order valence-electron chi connectivity index (χ3n) is 4.88. The number of aryl methyl sites for hydroxylation is 2. The molecule has 5 heteroatoms. The summed E-state index contributed by atoms with van der Waals surface area (Å²) in [6.07, 6.45) is 7.01. The molecule has 5 nitrogen and oxygen atoms in total. The van der Waals surface area contributed by atoms with Gasteiger partial charge in [-0.25, -0.2) is 4.98 Å². The molecule has 0 atom stereocenters. The molecule has 0 aliphatic rings. The summed E-state index contributed by atoms with van der Waals surface area (Å²) >= 11 is 0. The highest BCUT2D eigenvalue weighted by Crippen LogP contribution is 2.29. The molecule has 0 radical (unpaired) electrons. The largest absolute Gasteiger partial charge is 0.445 e. The molecule has 0 spiro atoms. The molecule has 1 N–H and O–H groups in total. The van der Waals surface area contributed by atoms with Crippen LogP contribution in [-0.2, 0) is 11.2 Å². The van der Waals surface area contributed by atoms with Crippen molar-refractivity contribution in [2.45, 2.75) is 20.3 Å². The van der Waals surface area contributed by atoms with Gasteiger partial charge in [-0.15, -0.1) is 0 Å². The van der Waals surface area contributed by atoms with Crippen LogP contribution in [0.1, 0.15) is 16.7 Å². The number of pyridine rings is 1. The Kier molecular flexibility index (Phi) is 5.20. The van der Waals surface area contributed by atoms with E-state index in [9.17, 15) is 4.79 Å². The van der Waals surface area contributed by atoms with Gasteiger partial charge in [0.15, 0.2) is 0 Å². The molecule has 2 heterocycles. The molecular formula is C24H21N3O2. The van der Waals surface area contributed by atoms with Crippen LogP contribution in [0.4, 0.5) is 5.69 Å². The molecule has 2 aromatic carbocycles. The predicted molar refractivity (Wildman–Crippen MR) is 113 cm³/mol. The van der Waals surface area contributed by atoms with Gasteiger partial charge in [0, 0.05) is 23.6 Å². The van der Waals surface area contributed by atoms with Crippen LogP contribution in [-0.4, -0.2) is 15.9 Å². The van der Waals surface area contributed by atoms with Crippen molar-refractivity contribution in [1.82, 2.24) is 9.97 Å². The fourth-order valence-electron chi connectivity index (χ4n) is 3.24. The molecule has 0 aliphatic heterocycles. The van der Waals surface area contributed by atoms with Crippen molar-refractivity contribution in [3.63, 3.8) is 0 Å². The molecule has 0 saturated heterocycles.